The number of nitrogens with one attached hydrogen (secondary N) is 1. The number of nitrogens with zero attached hydrogens (tertiary/aromatic N) is 2. The van der Waals surface area contributed by atoms with E-state index in [0.29, 0.717) is 0 Å². The van der Waals surface area contributed by atoms with Crippen molar-refractivity contribution >= 4 is 0 Å². The van der Waals surface area contributed by atoms with Gasteiger partial charge in [-0.3, -0.25) is 9.80 Å². The lowest BCUT2D eigenvalue weighted by atomic mass is 9.74. The lowest BCUT2D eigenvalue weighted by Gasteiger charge is -2.49. The molecule has 0 bridgehead atoms. The third-order valence-electron chi connectivity index (χ3n) is 9.85. The second-order valence-electron chi connectivity index (χ2n) is 12.3. The molecule has 0 radical (unpaired) electrons. The molecule has 0 aliphatic carbocycles. The Labute approximate surface area is 280 Å². The molecule has 1 fully saturated rings. The zero-order valence-corrected chi connectivity index (χ0v) is 27.0. The summed E-state index contributed by atoms with van der Waals surface area (Å²) in [6.45, 7) is 5.35. The fourth-order valence-corrected chi connectivity index (χ4v) is 7.86. The Morgan fingerprint density at radius 2 is 0.511 bits per heavy atom. The smallest absolute Gasteiger partial charge is 0.0973 e. The van der Waals surface area contributed by atoms with Crippen molar-refractivity contribution in [3.05, 3.63) is 215 Å². The average Bonchev–Trinajstić information content (AvgIpc) is 3.28. The fraction of sp³-hybridized carbons (Fsp3) is 0.182. The van der Waals surface area contributed by atoms with Crippen molar-refractivity contribution < 1.29 is 0 Å². The van der Waals surface area contributed by atoms with Crippen LogP contribution in [0.2, 0.25) is 0 Å². The van der Waals surface area contributed by atoms with E-state index in [-0.39, 0.29) is 0 Å². The Hall–Kier alpha value is -4.80. The summed E-state index contributed by atoms with van der Waals surface area (Å²) < 4.78 is 0. The summed E-state index contributed by atoms with van der Waals surface area (Å²) >= 11 is 0. The lowest BCUT2D eigenvalue weighted by molar-refractivity contribution is 0.107. The maximum atomic E-state index is 3.86. The minimum Gasteiger partial charge on any atom is -0.314 e. The van der Waals surface area contributed by atoms with Crippen molar-refractivity contribution in [3.63, 3.8) is 0 Å². The van der Waals surface area contributed by atoms with Crippen LogP contribution in [0.15, 0.2) is 182 Å². The summed E-state index contributed by atoms with van der Waals surface area (Å²) in [6, 6.07) is 66.6. The first-order valence-electron chi connectivity index (χ1n) is 16.9. The van der Waals surface area contributed by atoms with E-state index in [4.69, 9.17) is 0 Å². The highest BCUT2D eigenvalue weighted by Crippen LogP contribution is 2.45. The SMILES string of the molecule is c1ccc(C(c2ccccc2)(c2ccccc2)N2CCNCCN(C(c3ccccc3)(c3ccccc3)c3ccccc3)CC2)cc1. The summed E-state index contributed by atoms with van der Waals surface area (Å²) in [6.07, 6.45) is 0. The van der Waals surface area contributed by atoms with E-state index in [2.05, 4.69) is 197 Å². The summed E-state index contributed by atoms with van der Waals surface area (Å²) in [5.41, 5.74) is 6.74. The average molecular weight is 614 g/mol. The first-order chi connectivity index (χ1) is 23.3. The minimum atomic E-state index is -0.476. The van der Waals surface area contributed by atoms with Crippen molar-refractivity contribution in [2.45, 2.75) is 11.1 Å². The van der Waals surface area contributed by atoms with Crippen LogP contribution in [0.25, 0.3) is 0 Å². The normalized spacial score (nSPS) is 15.3. The van der Waals surface area contributed by atoms with Gasteiger partial charge in [-0.2, -0.15) is 0 Å². The molecule has 1 saturated heterocycles. The molecule has 7 rings (SSSR count). The van der Waals surface area contributed by atoms with Crippen LogP contribution in [-0.4, -0.2) is 49.1 Å². The Kier molecular flexibility index (Phi) is 9.39. The highest BCUT2D eigenvalue weighted by Gasteiger charge is 2.45. The fourth-order valence-electron chi connectivity index (χ4n) is 7.86. The maximum Gasteiger partial charge on any atom is 0.0973 e. The van der Waals surface area contributed by atoms with Crippen LogP contribution in [0.1, 0.15) is 33.4 Å². The van der Waals surface area contributed by atoms with Gasteiger partial charge < -0.3 is 5.32 Å². The van der Waals surface area contributed by atoms with Crippen molar-refractivity contribution in [3.8, 4) is 0 Å². The zero-order valence-electron chi connectivity index (χ0n) is 27.0. The van der Waals surface area contributed by atoms with Crippen molar-refractivity contribution in [1.29, 1.82) is 0 Å². The van der Waals surface area contributed by atoms with Crippen LogP contribution in [0, 0.1) is 0 Å². The molecule has 1 aliphatic rings. The van der Waals surface area contributed by atoms with Crippen LogP contribution in [0.5, 0.6) is 0 Å². The molecule has 234 valence electrons. The van der Waals surface area contributed by atoms with Crippen LogP contribution in [0.4, 0.5) is 0 Å². The lowest BCUT2D eigenvalue weighted by Crippen LogP contribution is -2.55. The summed E-state index contributed by atoms with van der Waals surface area (Å²) in [5.74, 6) is 0. The number of hydrogen-bond donors (Lipinski definition) is 1. The van der Waals surface area contributed by atoms with Gasteiger partial charge in [0.1, 0.15) is 0 Å². The third-order valence-corrected chi connectivity index (χ3v) is 9.85. The van der Waals surface area contributed by atoms with Gasteiger partial charge in [-0.15, -0.1) is 0 Å². The molecule has 1 N–H and O–H groups in total. The molecule has 1 heterocycles. The van der Waals surface area contributed by atoms with E-state index in [1.54, 1.807) is 0 Å². The Morgan fingerprint density at radius 1 is 0.298 bits per heavy atom. The molecule has 0 atom stereocenters. The maximum absolute atomic E-state index is 3.86. The van der Waals surface area contributed by atoms with Crippen LogP contribution in [0.3, 0.4) is 0 Å². The van der Waals surface area contributed by atoms with Gasteiger partial charge in [0.15, 0.2) is 0 Å². The highest BCUT2D eigenvalue weighted by molar-refractivity contribution is 5.51. The van der Waals surface area contributed by atoms with E-state index in [0.717, 1.165) is 39.3 Å². The summed E-state index contributed by atoms with van der Waals surface area (Å²) in [7, 11) is 0. The molecule has 1 aliphatic heterocycles. The topological polar surface area (TPSA) is 18.5 Å². The van der Waals surface area contributed by atoms with Gasteiger partial charge in [0.05, 0.1) is 11.1 Å². The highest BCUT2D eigenvalue weighted by atomic mass is 15.3. The van der Waals surface area contributed by atoms with Crippen molar-refractivity contribution in [2.24, 2.45) is 0 Å². The van der Waals surface area contributed by atoms with E-state index in [9.17, 15) is 0 Å². The molecule has 3 heteroatoms. The molecule has 0 spiro atoms. The van der Waals surface area contributed by atoms with Crippen LogP contribution in [-0.2, 0) is 11.1 Å². The largest absolute Gasteiger partial charge is 0.314 e. The first-order valence-corrected chi connectivity index (χ1v) is 16.9. The molecule has 0 aromatic heterocycles. The quantitative estimate of drug-likeness (QED) is 0.175. The molecule has 3 nitrogen and oxygen atoms in total. The molecular weight excluding hydrogens is 571 g/mol. The second-order valence-corrected chi connectivity index (χ2v) is 12.3. The number of benzene rings is 6. The van der Waals surface area contributed by atoms with Gasteiger partial charge in [-0.05, 0) is 33.4 Å². The third kappa shape index (κ3) is 5.83. The van der Waals surface area contributed by atoms with Crippen LogP contribution >= 0.6 is 0 Å². The van der Waals surface area contributed by atoms with Crippen molar-refractivity contribution in [1.82, 2.24) is 15.1 Å². The van der Waals surface area contributed by atoms with E-state index < -0.39 is 11.1 Å². The van der Waals surface area contributed by atoms with Gasteiger partial charge in [-0.1, -0.05) is 182 Å². The van der Waals surface area contributed by atoms with E-state index >= 15 is 0 Å². The monoisotopic (exact) mass is 613 g/mol. The number of hydrogen-bond acceptors (Lipinski definition) is 3. The predicted molar refractivity (Wildman–Crippen MR) is 194 cm³/mol. The van der Waals surface area contributed by atoms with E-state index in [1.165, 1.54) is 33.4 Å². The van der Waals surface area contributed by atoms with Gasteiger partial charge in [-0.25, -0.2) is 0 Å². The summed E-state index contributed by atoms with van der Waals surface area (Å²) in [5, 5.41) is 3.86. The molecule has 47 heavy (non-hydrogen) atoms. The molecule has 0 saturated carbocycles. The van der Waals surface area contributed by atoms with Gasteiger partial charge in [0, 0.05) is 39.3 Å². The summed E-state index contributed by atoms with van der Waals surface area (Å²) in [4.78, 5) is 5.45. The van der Waals surface area contributed by atoms with Gasteiger partial charge in [0.25, 0.3) is 0 Å². The van der Waals surface area contributed by atoms with Crippen LogP contribution < -0.4 is 5.32 Å². The molecule has 6 aromatic rings. The molecule has 6 aromatic carbocycles. The first kappa shape index (κ1) is 30.8. The second kappa shape index (κ2) is 14.3. The predicted octanol–water partition coefficient (Wildman–Crippen LogP) is 8.18. The molecule has 0 unspecified atom stereocenters. The Balaban J connectivity index is 1.42. The van der Waals surface area contributed by atoms with Crippen molar-refractivity contribution in [2.75, 3.05) is 39.3 Å². The Morgan fingerprint density at radius 3 is 0.723 bits per heavy atom. The zero-order chi connectivity index (χ0) is 31.8. The molecular formula is C44H43N3. The van der Waals surface area contributed by atoms with Gasteiger partial charge >= 0.3 is 0 Å². The molecule has 0 amide bonds. The standard InChI is InChI=1S/C44H43N3/c1-7-19-37(20-8-1)43(38-21-9-2-10-22-38,39-23-11-3-12-24-39)46-33-31-45-32-34-47(36-35-46)44(40-25-13-4-14-26-40,41-27-15-5-16-28-41)42-29-17-6-18-30-42/h1-30,45H,31-36H2. The minimum absolute atomic E-state index is 0.476. The Bertz CT molecular complexity index is 1460. The van der Waals surface area contributed by atoms with E-state index in [1.807, 2.05) is 0 Å². The van der Waals surface area contributed by atoms with Gasteiger partial charge in [0.2, 0.25) is 0 Å². The number of rotatable bonds is 8.